The standard InChI is InChI=1S/C25H40NP/c1-9-13-22(14-10-2)25(18-26-21(8)27)24(17-16-19(5)6)23(15-11-3)20(7)12-4/h9-14,19,23,26-27H,1,3,15-18H2,2,4-8H3/b14-10-,20-12-,22-13+,25-24-. The zero-order chi connectivity index (χ0) is 20.8. The summed E-state index contributed by atoms with van der Waals surface area (Å²) in [7, 11) is 3.60. The molecule has 1 atom stereocenters. The molecule has 0 aromatic rings. The van der Waals surface area contributed by atoms with E-state index in [9.17, 15) is 0 Å². The highest BCUT2D eigenvalue weighted by Crippen LogP contribution is 2.34. The largest absolute Gasteiger partial charge is 0.285 e. The van der Waals surface area contributed by atoms with Crippen LogP contribution in [-0.4, -0.2) is 12.0 Å². The summed E-state index contributed by atoms with van der Waals surface area (Å²) < 4.78 is 0. The van der Waals surface area contributed by atoms with E-state index in [-0.39, 0.29) is 0 Å². The predicted octanol–water partition coefficient (Wildman–Crippen LogP) is 7.45. The second kappa shape index (κ2) is 14.6. The van der Waals surface area contributed by atoms with Gasteiger partial charge in [0.1, 0.15) is 0 Å². The molecule has 27 heavy (non-hydrogen) atoms. The van der Waals surface area contributed by atoms with Crippen LogP contribution >= 0.6 is 8.86 Å². The van der Waals surface area contributed by atoms with Gasteiger partial charge in [-0.25, -0.2) is 0 Å². The normalized spacial score (nSPS) is 15.1. The van der Waals surface area contributed by atoms with Gasteiger partial charge >= 0.3 is 0 Å². The molecule has 0 aromatic heterocycles. The molecular formula is C25H40NP. The van der Waals surface area contributed by atoms with Crippen molar-refractivity contribution in [2.75, 3.05) is 6.54 Å². The number of hydrogen-bond acceptors (Lipinski definition) is 0. The van der Waals surface area contributed by atoms with E-state index in [2.05, 4.69) is 86.3 Å². The second-order valence-electron chi connectivity index (χ2n) is 7.38. The van der Waals surface area contributed by atoms with Gasteiger partial charge in [0.15, 0.2) is 0 Å². The van der Waals surface area contributed by atoms with Crippen LogP contribution in [-0.2, 0) is 0 Å². The number of allylic oxidation sites excluding steroid dienone is 8. The van der Waals surface area contributed by atoms with Crippen molar-refractivity contribution in [1.29, 1.82) is 0 Å². The lowest BCUT2D eigenvalue weighted by molar-refractivity contribution is 0.551. The maximum absolute atomic E-state index is 4.02. The SMILES string of the molecule is C=C/C=C(\C=C/C)C(/CNC(C)=P)=C(/CCC(C)C)C(CC=C)/C(C)=C\C. The van der Waals surface area contributed by atoms with Crippen molar-refractivity contribution in [2.24, 2.45) is 11.8 Å². The molecular weight excluding hydrogens is 345 g/mol. The monoisotopic (exact) mass is 385 g/mol. The van der Waals surface area contributed by atoms with Crippen LogP contribution in [0.5, 0.6) is 0 Å². The summed E-state index contributed by atoms with van der Waals surface area (Å²) >= 11 is 0. The Labute approximate surface area is 170 Å². The van der Waals surface area contributed by atoms with Crippen LogP contribution < -0.4 is 5.32 Å². The third kappa shape index (κ3) is 9.89. The smallest absolute Gasteiger partial charge is 0.0256 e. The first kappa shape index (κ1) is 25.6. The first-order valence-corrected chi connectivity index (χ1v) is 10.5. The molecule has 0 bridgehead atoms. The second-order valence-corrected chi connectivity index (χ2v) is 8.13. The quantitative estimate of drug-likeness (QED) is 0.197. The summed E-state index contributed by atoms with van der Waals surface area (Å²) in [6.45, 7) is 21.8. The van der Waals surface area contributed by atoms with E-state index in [1.54, 1.807) is 0 Å². The molecule has 150 valence electrons. The summed E-state index contributed by atoms with van der Waals surface area (Å²) in [6.07, 6.45) is 15.8. The highest BCUT2D eigenvalue weighted by Gasteiger charge is 2.20. The average molecular weight is 386 g/mol. The summed E-state index contributed by atoms with van der Waals surface area (Å²) in [6, 6.07) is 0. The molecule has 2 heteroatoms. The molecule has 0 heterocycles. The lowest BCUT2D eigenvalue weighted by Crippen LogP contribution is -2.24. The Morgan fingerprint density at radius 1 is 1.15 bits per heavy atom. The van der Waals surface area contributed by atoms with Crippen molar-refractivity contribution in [2.45, 2.75) is 60.8 Å². The van der Waals surface area contributed by atoms with Gasteiger partial charge in [-0.15, -0.1) is 15.4 Å². The first-order chi connectivity index (χ1) is 12.8. The molecule has 0 aliphatic rings. The van der Waals surface area contributed by atoms with Crippen LogP contribution in [0.1, 0.15) is 60.8 Å². The maximum atomic E-state index is 4.02. The summed E-state index contributed by atoms with van der Waals surface area (Å²) in [4.78, 5) is 0. The van der Waals surface area contributed by atoms with E-state index in [0.717, 1.165) is 24.8 Å². The molecule has 0 aliphatic heterocycles. The Kier molecular flexibility index (Phi) is 13.8. The topological polar surface area (TPSA) is 12.0 Å². The van der Waals surface area contributed by atoms with Gasteiger partial charge in [0.25, 0.3) is 0 Å². The van der Waals surface area contributed by atoms with Gasteiger partial charge in [-0.3, -0.25) is 5.32 Å². The molecule has 0 aromatic carbocycles. The Morgan fingerprint density at radius 2 is 1.81 bits per heavy atom. The number of rotatable bonds is 13. The molecule has 0 fully saturated rings. The predicted molar refractivity (Wildman–Crippen MR) is 129 cm³/mol. The van der Waals surface area contributed by atoms with Crippen molar-refractivity contribution in [3.8, 4) is 0 Å². The van der Waals surface area contributed by atoms with Gasteiger partial charge < -0.3 is 0 Å². The van der Waals surface area contributed by atoms with Crippen LogP contribution in [0.4, 0.5) is 0 Å². The number of nitrogens with one attached hydrogen (secondary N) is 1. The molecule has 0 rings (SSSR count). The Balaban J connectivity index is 6.59. The van der Waals surface area contributed by atoms with Crippen LogP contribution in [0.15, 0.2) is 71.9 Å². The fourth-order valence-corrected chi connectivity index (χ4v) is 3.22. The number of hydrogen-bond donors (Lipinski definition) is 1. The maximum Gasteiger partial charge on any atom is 0.0256 e. The molecule has 0 saturated heterocycles. The van der Waals surface area contributed by atoms with Crippen LogP contribution in [0.2, 0.25) is 0 Å². The van der Waals surface area contributed by atoms with Crippen LogP contribution in [0.25, 0.3) is 0 Å². The molecule has 0 aliphatic carbocycles. The van der Waals surface area contributed by atoms with Gasteiger partial charge in [0.05, 0.1) is 0 Å². The Hall–Kier alpha value is -1.43. The summed E-state index contributed by atoms with van der Waals surface area (Å²) in [5.41, 5.74) is 6.54. The first-order valence-electron chi connectivity index (χ1n) is 10.0. The van der Waals surface area contributed by atoms with E-state index >= 15 is 0 Å². The van der Waals surface area contributed by atoms with Gasteiger partial charge in [-0.1, -0.05) is 68.0 Å². The summed E-state index contributed by atoms with van der Waals surface area (Å²) in [5, 5.41) is 3.48. The highest BCUT2D eigenvalue weighted by atomic mass is 31.0. The fraction of sp³-hybridized carbons (Fsp3) is 0.480. The molecule has 1 N–H and O–H groups in total. The van der Waals surface area contributed by atoms with E-state index in [4.69, 9.17) is 0 Å². The molecule has 0 amide bonds. The van der Waals surface area contributed by atoms with Gasteiger partial charge in [0, 0.05) is 17.9 Å². The minimum atomic E-state index is 0.386. The van der Waals surface area contributed by atoms with Crippen molar-refractivity contribution in [1.82, 2.24) is 5.32 Å². The zero-order valence-corrected chi connectivity index (χ0v) is 19.4. The fourth-order valence-electron chi connectivity index (χ4n) is 3.14. The van der Waals surface area contributed by atoms with E-state index in [1.807, 2.05) is 19.1 Å². The highest BCUT2D eigenvalue weighted by molar-refractivity contribution is 7.20. The Morgan fingerprint density at radius 3 is 2.26 bits per heavy atom. The lowest BCUT2D eigenvalue weighted by Gasteiger charge is -2.26. The van der Waals surface area contributed by atoms with E-state index in [1.165, 1.54) is 28.7 Å². The van der Waals surface area contributed by atoms with Crippen LogP contribution in [0, 0.1) is 11.8 Å². The van der Waals surface area contributed by atoms with Crippen molar-refractivity contribution < 1.29 is 0 Å². The Bertz CT molecular complexity index is 614. The minimum absolute atomic E-state index is 0.386. The van der Waals surface area contributed by atoms with E-state index < -0.39 is 0 Å². The summed E-state index contributed by atoms with van der Waals surface area (Å²) in [5.74, 6) is 1.05. The van der Waals surface area contributed by atoms with Gasteiger partial charge in [-0.2, -0.15) is 0 Å². The third-order valence-corrected chi connectivity index (χ3v) is 4.91. The molecule has 1 unspecified atom stereocenters. The molecule has 0 spiro atoms. The van der Waals surface area contributed by atoms with E-state index in [0.29, 0.717) is 11.8 Å². The molecule has 1 nitrogen and oxygen atoms in total. The third-order valence-electron chi connectivity index (χ3n) is 4.73. The van der Waals surface area contributed by atoms with Crippen molar-refractivity contribution >= 4 is 14.3 Å². The molecule has 0 saturated carbocycles. The van der Waals surface area contributed by atoms with Crippen molar-refractivity contribution in [3.63, 3.8) is 0 Å². The molecule has 0 radical (unpaired) electrons. The zero-order valence-electron chi connectivity index (χ0n) is 18.4. The van der Waals surface area contributed by atoms with Crippen molar-refractivity contribution in [3.05, 3.63) is 71.9 Å². The lowest BCUT2D eigenvalue weighted by atomic mass is 9.80. The van der Waals surface area contributed by atoms with Gasteiger partial charge in [0.2, 0.25) is 0 Å². The minimum Gasteiger partial charge on any atom is -0.285 e. The van der Waals surface area contributed by atoms with Crippen LogP contribution in [0.3, 0.4) is 0 Å². The average Bonchev–Trinajstić information content (AvgIpc) is 2.61. The van der Waals surface area contributed by atoms with Gasteiger partial charge in [-0.05, 0) is 64.0 Å².